The van der Waals surface area contributed by atoms with Gasteiger partial charge in [0.2, 0.25) is 0 Å². The minimum atomic E-state index is 0.535. The molecule has 3 aliphatic rings. The van der Waals surface area contributed by atoms with Crippen LogP contribution in [0.1, 0.15) is 32.1 Å². The lowest BCUT2D eigenvalue weighted by atomic mass is 9.90. The zero-order valence-electron chi connectivity index (χ0n) is 12.1. The summed E-state index contributed by atoms with van der Waals surface area (Å²) in [5, 5.41) is 3.49. The van der Waals surface area contributed by atoms with Gasteiger partial charge < -0.3 is 15.0 Å². The zero-order chi connectivity index (χ0) is 12.9. The number of fused-ring (bicyclic) bond motifs is 1. The topological polar surface area (TPSA) is 27.7 Å². The molecule has 3 rings (SSSR count). The molecule has 2 saturated heterocycles. The van der Waals surface area contributed by atoms with Crippen LogP contribution in [-0.4, -0.2) is 74.4 Å². The number of nitrogens with zero attached hydrogens (tertiary/aromatic N) is 2. The summed E-state index contributed by atoms with van der Waals surface area (Å²) in [6, 6.07) is 0.715. The molecule has 1 aliphatic carbocycles. The molecule has 2 heterocycles. The first-order valence-electron chi connectivity index (χ1n) is 8.22. The van der Waals surface area contributed by atoms with E-state index >= 15 is 0 Å². The summed E-state index contributed by atoms with van der Waals surface area (Å²) >= 11 is 0. The largest absolute Gasteiger partial charge is 0.375 e. The van der Waals surface area contributed by atoms with Gasteiger partial charge in [0.25, 0.3) is 0 Å². The number of ether oxygens (including phenoxy) is 1. The number of hydrogen-bond donors (Lipinski definition) is 1. The Labute approximate surface area is 117 Å². The molecule has 0 aromatic carbocycles. The highest BCUT2D eigenvalue weighted by atomic mass is 16.5. The van der Waals surface area contributed by atoms with Crippen LogP contribution in [0.5, 0.6) is 0 Å². The Kier molecular flexibility index (Phi) is 5.10. The lowest BCUT2D eigenvalue weighted by Gasteiger charge is -2.44. The summed E-state index contributed by atoms with van der Waals surface area (Å²) < 4.78 is 5.96. The zero-order valence-corrected chi connectivity index (χ0v) is 12.1. The number of nitrogens with one attached hydrogen (secondary N) is 1. The van der Waals surface area contributed by atoms with Crippen LogP contribution in [0, 0.1) is 0 Å². The van der Waals surface area contributed by atoms with Gasteiger partial charge >= 0.3 is 0 Å². The van der Waals surface area contributed by atoms with Gasteiger partial charge in [-0.3, -0.25) is 4.90 Å². The average molecular weight is 267 g/mol. The second-order valence-electron chi connectivity index (χ2n) is 6.24. The van der Waals surface area contributed by atoms with Gasteiger partial charge in [-0.05, 0) is 32.4 Å². The van der Waals surface area contributed by atoms with Gasteiger partial charge in [0.15, 0.2) is 0 Å². The Morgan fingerprint density at radius 1 is 0.947 bits per heavy atom. The Bertz CT molecular complexity index is 264. The standard InChI is InChI=1S/C15H29N3O/c1-2-5-15-14(4-1)18(12-13-19-15)11-10-17-8-3-6-16-7-9-17/h14-16H,1-13H2. The van der Waals surface area contributed by atoms with Crippen LogP contribution >= 0.6 is 0 Å². The molecule has 0 amide bonds. The maximum absolute atomic E-state index is 5.96. The van der Waals surface area contributed by atoms with Gasteiger partial charge in [-0.15, -0.1) is 0 Å². The van der Waals surface area contributed by atoms with Crippen molar-refractivity contribution in [1.29, 1.82) is 0 Å². The smallest absolute Gasteiger partial charge is 0.0730 e. The van der Waals surface area contributed by atoms with E-state index in [0.717, 1.165) is 19.7 Å². The van der Waals surface area contributed by atoms with Gasteiger partial charge in [-0.25, -0.2) is 0 Å². The van der Waals surface area contributed by atoms with E-state index in [2.05, 4.69) is 15.1 Å². The van der Waals surface area contributed by atoms with E-state index in [9.17, 15) is 0 Å². The molecule has 2 aliphatic heterocycles. The number of morpholine rings is 1. The van der Waals surface area contributed by atoms with Crippen LogP contribution in [0.3, 0.4) is 0 Å². The summed E-state index contributed by atoms with van der Waals surface area (Å²) in [6.07, 6.45) is 7.24. The van der Waals surface area contributed by atoms with Crippen LogP contribution < -0.4 is 5.32 Å². The Morgan fingerprint density at radius 2 is 1.89 bits per heavy atom. The molecule has 0 spiro atoms. The molecule has 0 radical (unpaired) electrons. The molecule has 0 aromatic rings. The van der Waals surface area contributed by atoms with E-state index in [0.29, 0.717) is 12.1 Å². The van der Waals surface area contributed by atoms with Crippen molar-refractivity contribution in [1.82, 2.24) is 15.1 Å². The molecule has 19 heavy (non-hydrogen) atoms. The van der Waals surface area contributed by atoms with Crippen molar-refractivity contribution >= 4 is 0 Å². The van der Waals surface area contributed by atoms with Crippen LogP contribution in [0.2, 0.25) is 0 Å². The van der Waals surface area contributed by atoms with Crippen molar-refractivity contribution < 1.29 is 4.74 Å². The molecule has 2 atom stereocenters. The third-order valence-corrected chi connectivity index (χ3v) is 4.98. The molecular formula is C15H29N3O. The maximum Gasteiger partial charge on any atom is 0.0730 e. The summed E-state index contributed by atoms with van der Waals surface area (Å²) in [6.45, 7) is 9.42. The van der Waals surface area contributed by atoms with Crippen molar-refractivity contribution in [2.24, 2.45) is 0 Å². The monoisotopic (exact) mass is 267 g/mol. The van der Waals surface area contributed by atoms with Gasteiger partial charge in [0, 0.05) is 38.8 Å². The highest BCUT2D eigenvalue weighted by Crippen LogP contribution is 2.28. The summed E-state index contributed by atoms with van der Waals surface area (Å²) in [4.78, 5) is 5.35. The van der Waals surface area contributed by atoms with Crippen LogP contribution in [0.4, 0.5) is 0 Å². The average Bonchev–Trinajstić information content (AvgIpc) is 2.74. The fraction of sp³-hybridized carbons (Fsp3) is 1.00. The van der Waals surface area contributed by atoms with Crippen LogP contribution in [0.15, 0.2) is 0 Å². The molecule has 0 aromatic heterocycles. The molecule has 3 fully saturated rings. The summed E-state index contributed by atoms with van der Waals surface area (Å²) in [5.41, 5.74) is 0. The molecule has 4 nitrogen and oxygen atoms in total. The van der Waals surface area contributed by atoms with Gasteiger partial charge in [-0.1, -0.05) is 12.8 Å². The van der Waals surface area contributed by atoms with Crippen molar-refractivity contribution in [2.75, 3.05) is 52.4 Å². The first kappa shape index (κ1) is 13.8. The molecule has 4 heteroatoms. The quantitative estimate of drug-likeness (QED) is 0.823. The van der Waals surface area contributed by atoms with E-state index in [1.807, 2.05) is 0 Å². The normalized spacial score (nSPS) is 34.7. The minimum absolute atomic E-state index is 0.535. The first-order valence-corrected chi connectivity index (χ1v) is 8.22. The van der Waals surface area contributed by atoms with Crippen molar-refractivity contribution in [3.05, 3.63) is 0 Å². The maximum atomic E-state index is 5.96. The fourth-order valence-electron chi connectivity index (χ4n) is 3.85. The molecule has 110 valence electrons. The Balaban J connectivity index is 1.47. The molecule has 1 N–H and O–H groups in total. The summed E-state index contributed by atoms with van der Waals surface area (Å²) in [5.74, 6) is 0. The minimum Gasteiger partial charge on any atom is -0.375 e. The third kappa shape index (κ3) is 3.69. The number of hydrogen-bond acceptors (Lipinski definition) is 4. The Hall–Kier alpha value is -0.160. The molecule has 1 saturated carbocycles. The SMILES string of the molecule is C1CCC2C(C1)OCCN2CCN1CCCNCC1. The van der Waals surface area contributed by atoms with Gasteiger partial charge in [0.05, 0.1) is 12.7 Å². The Morgan fingerprint density at radius 3 is 2.89 bits per heavy atom. The van der Waals surface area contributed by atoms with E-state index in [1.54, 1.807) is 0 Å². The first-order chi connectivity index (χ1) is 9.43. The predicted molar refractivity (Wildman–Crippen MR) is 77.5 cm³/mol. The molecule has 0 bridgehead atoms. The van der Waals surface area contributed by atoms with E-state index < -0.39 is 0 Å². The lowest BCUT2D eigenvalue weighted by Crippen LogP contribution is -2.54. The fourth-order valence-corrected chi connectivity index (χ4v) is 3.85. The van der Waals surface area contributed by atoms with Crippen LogP contribution in [-0.2, 0) is 4.74 Å². The van der Waals surface area contributed by atoms with Crippen LogP contribution in [0.25, 0.3) is 0 Å². The van der Waals surface area contributed by atoms with E-state index in [4.69, 9.17) is 4.74 Å². The predicted octanol–water partition coefficient (Wildman–Crippen LogP) is 0.925. The molecule has 2 unspecified atom stereocenters. The van der Waals surface area contributed by atoms with Crippen molar-refractivity contribution in [2.45, 2.75) is 44.2 Å². The van der Waals surface area contributed by atoms with Gasteiger partial charge in [0.1, 0.15) is 0 Å². The number of rotatable bonds is 3. The van der Waals surface area contributed by atoms with E-state index in [1.165, 1.54) is 64.8 Å². The van der Waals surface area contributed by atoms with Crippen molar-refractivity contribution in [3.8, 4) is 0 Å². The third-order valence-electron chi connectivity index (χ3n) is 4.98. The molecular weight excluding hydrogens is 238 g/mol. The highest BCUT2D eigenvalue weighted by molar-refractivity contribution is 4.87. The summed E-state index contributed by atoms with van der Waals surface area (Å²) in [7, 11) is 0. The second-order valence-corrected chi connectivity index (χ2v) is 6.24. The van der Waals surface area contributed by atoms with E-state index in [-0.39, 0.29) is 0 Å². The van der Waals surface area contributed by atoms with Crippen molar-refractivity contribution in [3.63, 3.8) is 0 Å². The van der Waals surface area contributed by atoms with Gasteiger partial charge in [-0.2, -0.15) is 0 Å². The second kappa shape index (κ2) is 7.02. The lowest BCUT2D eigenvalue weighted by molar-refractivity contribution is -0.0893. The highest BCUT2D eigenvalue weighted by Gasteiger charge is 2.33.